The van der Waals surface area contributed by atoms with Gasteiger partial charge < -0.3 is 15.4 Å². The molecular weight excluding hydrogens is 327 g/mol. The maximum absolute atomic E-state index is 13.5. The second-order valence-electron chi connectivity index (χ2n) is 5.43. The lowest BCUT2D eigenvalue weighted by molar-refractivity contribution is -0.136. The minimum absolute atomic E-state index is 0.213. The molecule has 0 aliphatic carbocycles. The third kappa shape index (κ3) is 4.45. The molecule has 0 aromatic heterocycles. The van der Waals surface area contributed by atoms with E-state index < -0.39 is 35.0 Å². The highest BCUT2D eigenvalue weighted by Gasteiger charge is 2.26. The van der Waals surface area contributed by atoms with Crippen molar-refractivity contribution in [1.82, 2.24) is 10.2 Å². The Bertz CT molecular complexity index is 627. The molecule has 1 aliphatic rings. The number of amides is 2. The molecule has 1 aliphatic heterocycles. The largest absolute Gasteiger partial charge is 0.383 e. The van der Waals surface area contributed by atoms with Gasteiger partial charge in [-0.25, -0.2) is 13.2 Å². The number of hydrogen-bond acceptors (Lipinski definition) is 4. The van der Waals surface area contributed by atoms with Gasteiger partial charge in [0.2, 0.25) is 0 Å². The molecule has 1 aromatic carbocycles. The SMILES string of the molecule is COCCN1CCC(NC(=O)C(=O)Nc2ccc(F)c(F)c2F)C1. The molecule has 132 valence electrons. The van der Waals surface area contributed by atoms with E-state index in [4.69, 9.17) is 4.74 Å². The molecule has 1 fully saturated rings. The van der Waals surface area contributed by atoms with Gasteiger partial charge in [-0.3, -0.25) is 14.5 Å². The number of ether oxygens (including phenoxy) is 1. The highest BCUT2D eigenvalue weighted by atomic mass is 19.2. The maximum atomic E-state index is 13.5. The number of benzene rings is 1. The molecule has 2 rings (SSSR count). The van der Waals surface area contributed by atoms with Crippen molar-refractivity contribution in [2.75, 3.05) is 38.7 Å². The monoisotopic (exact) mass is 345 g/mol. The van der Waals surface area contributed by atoms with Crippen molar-refractivity contribution in [2.24, 2.45) is 0 Å². The van der Waals surface area contributed by atoms with Crippen LogP contribution in [-0.2, 0) is 14.3 Å². The number of rotatable bonds is 5. The fraction of sp³-hybridized carbons (Fsp3) is 0.467. The van der Waals surface area contributed by atoms with E-state index in [0.717, 1.165) is 19.2 Å². The first-order valence-electron chi connectivity index (χ1n) is 7.39. The summed E-state index contributed by atoms with van der Waals surface area (Å²) in [5, 5.41) is 4.46. The predicted molar refractivity (Wildman–Crippen MR) is 79.8 cm³/mol. The van der Waals surface area contributed by atoms with E-state index in [1.807, 2.05) is 5.32 Å². The molecule has 0 radical (unpaired) electrons. The highest BCUT2D eigenvalue weighted by Crippen LogP contribution is 2.19. The van der Waals surface area contributed by atoms with Gasteiger partial charge in [-0.1, -0.05) is 0 Å². The van der Waals surface area contributed by atoms with E-state index >= 15 is 0 Å². The molecule has 1 aromatic rings. The Morgan fingerprint density at radius 3 is 2.71 bits per heavy atom. The molecular formula is C15H18F3N3O3. The second-order valence-corrected chi connectivity index (χ2v) is 5.43. The van der Waals surface area contributed by atoms with Crippen molar-refractivity contribution in [2.45, 2.75) is 12.5 Å². The Morgan fingerprint density at radius 2 is 2.00 bits per heavy atom. The lowest BCUT2D eigenvalue weighted by atomic mass is 10.2. The third-order valence-corrected chi connectivity index (χ3v) is 3.71. The van der Waals surface area contributed by atoms with Crippen LogP contribution in [0.4, 0.5) is 18.9 Å². The van der Waals surface area contributed by atoms with Crippen LogP contribution in [-0.4, -0.2) is 56.1 Å². The van der Waals surface area contributed by atoms with E-state index in [2.05, 4.69) is 10.2 Å². The zero-order valence-electron chi connectivity index (χ0n) is 13.1. The number of carbonyl (C=O) groups excluding carboxylic acids is 2. The van der Waals surface area contributed by atoms with Gasteiger partial charge in [-0.2, -0.15) is 0 Å². The van der Waals surface area contributed by atoms with Crippen LogP contribution in [0.15, 0.2) is 12.1 Å². The first-order chi connectivity index (χ1) is 11.4. The molecule has 0 bridgehead atoms. The average molecular weight is 345 g/mol. The summed E-state index contributed by atoms with van der Waals surface area (Å²) < 4.78 is 44.4. The Hall–Kier alpha value is -2.13. The first kappa shape index (κ1) is 18.2. The summed E-state index contributed by atoms with van der Waals surface area (Å²) >= 11 is 0. The maximum Gasteiger partial charge on any atom is 0.313 e. The molecule has 9 heteroatoms. The van der Waals surface area contributed by atoms with Gasteiger partial charge in [-0.15, -0.1) is 0 Å². The summed E-state index contributed by atoms with van der Waals surface area (Å²) in [6.45, 7) is 2.61. The molecule has 1 heterocycles. The van der Waals surface area contributed by atoms with E-state index in [-0.39, 0.29) is 6.04 Å². The molecule has 1 atom stereocenters. The van der Waals surface area contributed by atoms with E-state index in [1.54, 1.807) is 7.11 Å². The minimum atomic E-state index is -1.71. The zero-order valence-corrected chi connectivity index (χ0v) is 13.1. The first-order valence-corrected chi connectivity index (χ1v) is 7.39. The van der Waals surface area contributed by atoms with Crippen LogP contribution in [0.2, 0.25) is 0 Å². The molecule has 0 saturated carbocycles. The van der Waals surface area contributed by atoms with Crippen LogP contribution in [0.5, 0.6) is 0 Å². The van der Waals surface area contributed by atoms with Crippen molar-refractivity contribution in [3.05, 3.63) is 29.6 Å². The Kier molecular flexibility index (Phi) is 6.16. The van der Waals surface area contributed by atoms with E-state index in [9.17, 15) is 22.8 Å². The molecule has 0 spiro atoms. The Balaban J connectivity index is 1.87. The summed E-state index contributed by atoms with van der Waals surface area (Å²) in [6.07, 6.45) is 0.669. The number of anilines is 1. The van der Waals surface area contributed by atoms with Crippen LogP contribution in [0.1, 0.15) is 6.42 Å². The van der Waals surface area contributed by atoms with E-state index in [0.29, 0.717) is 25.6 Å². The zero-order chi connectivity index (χ0) is 17.7. The lowest BCUT2D eigenvalue weighted by Crippen LogP contribution is -2.43. The van der Waals surface area contributed by atoms with Gasteiger partial charge in [0.25, 0.3) is 0 Å². The third-order valence-electron chi connectivity index (χ3n) is 3.71. The quantitative estimate of drug-likeness (QED) is 0.614. The summed E-state index contributed by atoms with van der Waals surface area (Å²) in [7, 11) is 1.59. The van der Waals surface area contributed by atoms with Gasteiger partial charge in [0.1, 0.15) is 0 Å². The number of carbonyl (C=O) groups is 2. The molecule has 1 saturated heterocycles. The van der Waals surface area contributed by atoms with Gasteiger partial charge in [0.15, 0.2) is 17.5 Å². The summed E-state index contributed by atoms with van der Waals surface area (Å²) in [5.74, 6) is -6.74. The number of hydrogen-bond donors (Lipinski definition) is 2. The Labute approximate surface area is 137 Å². The van der Waals surface area contributed by atoms with Crippen molar-refractivity contribution < 1.29 is 27.5 Å². The number of methoxy groups -OCH3 is 1. The van der Waals surface area contributed by atoms with E-state index in [1.165, 1.54) is 0 Å². The highest BCUT2D eigenvalue weighted by molar-refractivity contribution is 6.39. The van der Waals surface area contributed by atoms with Gasteiger partial charge in [0, 0.05) is 32.8 Å². The molecule has 2 amide bonds. The van der Waals surface area contributed by atoms with Crippen molar-refractivity contribution in [1.29, 1.82) is 0 Å². The summed E-state index contributed by atoms with van der Waals surface area (Å²) in [5.41, 5.74) is -0.595. The second kappa shape index (κ2) is 8.11. The van der Waals surface area contributed by atoms with Crippen LogP contribution in [0.25, 0.3) is 0 Å². The van der Waals surface area contributed by atoms with Crippen molar-refractivity contribution in [3.8, 4) is 0 Å². The molecule has 6 nitrogen and oxygen atoms in total. The fourth-order valence-corrected chi connectivity index (χ4v) is 2.43. The standard InChI is InChI=1S/C15H18F3N3O3/c1-24-7-6-21-5-4-9(8-21)19-14(22)15(23)20-11-3-2-10(16)12(17)13(11)18/h2-3,9H,4-8H2,1H3,(H,19,22)(H,20,23). The summed E-state index contributed by atoms with van der Waals surface area (Å²) in [4.78, 5) is 25.7. The Morgan fingerprint density at radius 1 is 1.25 bits per heavy atom. The predicted octanol–water partition coefficient (Wildman–Crippen LogP) is 0.879. The summed E-state index contributed by atoms with van der Waals surface area (Å²) in [6, 6.07) is 1.30. The lowest BCUT2D eigenvalue weighted by Gasteiger charge is -2.16. The minimum Gasteiger partial charge on any atom is -0.383 e. The van der Waals surface area contributed by atoms with Crippen molar-refractivity contribution >= 4 is 17.5 Å². The number of halogens is 3. The van der Waals surface area contributed by atoms with Crippen LogP contribution < -0.4 is 10.6 Å². The van der Waals surface area contributed by atoms with Gasteiger partial charge in [0.05, 0.1) is 12.3 Å². The number of nitrogens with one attached hydrogen (secondary N) is 2. The fourth-order valence-electron chi connectivity index (χ4n) is 2.43. The average Bonchev–Trinajstić information content (AvgIpc) is 3.00. The normalized spacial score (nSPS) is 17.8. The van der Waals surface area contributed by atoms with Gasteiger partial charge >= 0.3 is 11.8 Å². The van der Waals surface area contributed by atoms with Crippen molar-refractivity contribution in [3.63, 3.8) is 0 Å². The molecule has 2 N–H and O–H groups in total. The van der Waals surface area contributed by atoms with Crippen LogP contribution in [0, 0.1) is 17.5 Å². The number of likely N-dealkylation sites (tertiary alicyclic amines) is 1. The van der Waals surface area contributed by atoms with Crippen LogP contribution in [0.3, 0.4) is 0 Å². The van der Waals surface area contributed by atoms with Crippen LogP contribution >= 0.6 is 0 Å². The molecule has 1 unspecified atom stereocenters. The molecule has 24 heavy (non-hydrogen) atoms. The topological polar surface area (TPSA) is 70.7 Å². The van der Waals surface area contributed by atoms with Gasteiger partial charge in [-0.05, 0) is 18.6 Å². The smallest absolute Gasteiger partial charge is 0.313 e. The number of nitrogens with zero attached hydrogens (tertiary/aromatic N) is 1.